The van der Waals surface area contributed by atoms with Crippen LogP contribution < -0.4 is 10.1 Å². The number of nitrogens with one attached hydrogen (secondary N) is 1. The Labute approximate surface area is 210 Å². The lowest BCUT2D eigenvalue weighted by molar-refractivity contribution is 0.102. The van der Waals surface area contributed by atoms with E-state index in [4.69, 9.17) is 4.74 Å². The molecular weight excluding hydrogens is 466 g/mol. The summed E-state index contributed by atoms with van der Waals surface area (Å²) in [7, 11) is 1.64. The first kappa shape index (κ1) is 24.2. The number of piperidine rings is 1. The largest absolute Gasteiger partial charge is 0.494 e. The molecule has 5 rings (SSSR count). The van der Waals surface area contributed by atoms with Crippen LogP contribution >= 0.6 is 23.7 Å². The molecule has 7 heteroatoms. The van der Waals surface area contributed by atoms with Crippen LogP contribution in [0.1, 0.15) is 35.2 Å². The van der Waals surface area contributed by atoms with Crippen molar-refractivity contribution < 1.29 is 9.53 Å². The summed E-state index contributed by atoms with van der Waals surface area (Å²) in [4.78, 5) is 20.1. The monoisotopic (exact) mass is 493 g/mol. The van der Waals surface area contributed by atoms with Gasteiger partial charge in [-0.3, -0.25) is 15.0 Å². The van der Waals surface area contributed by atoms with Crippen molar-refractivity contribution >= 4 is 45.0 Å². The fraction of sp³-hybridized carbons (Fsp3) is 0.259. The van der Waals surface area contributed by atoms with Gasteiger partial charge in [-0.1, -0.05) is 60.2 Å². The highest BCUT2D eigenvalue weighted by Crippen LogP contribution is 2.39. The van der Waals surface area contributed by atoms with E-state index in [9.17, 15) is 4.79 Å². The maximum atomic E-state index is 12.9. The van der Waals surface area contributed by atoms with Gasteiger partial charge in [0.05, 0.1) is 11.8 Å². The SMILES string of the molecule is COc1ccc(-c2ccccc2)c2sc(NC(=O)c3ccc(CN4CCCCC4)cc3)nc12.Cl. The molecule has 1 fully saturated rings. The molecule has 0 atom stereocenters. The number of halogens is 1. The van der Waals surface area contributed by atoms with E-state index in [1.54, 1.807) is 7.11 Å². The van der Waals surface area contributed by atoms with E-state index >= 15 is 0 Å². The predicted octanol–water partition coefficient (Wildman–Crippen LogP) is 6.63. The molecule has 3 aromatic carbocycles. The van der Waals surface area contributed by atoms with Crippen LogP contribution in [0, 0.1) is 0 Å². The van der Waals surface area contributed by atoms with Gasteiger partial charge in [-0.2, -0.15) is 0 Å². The lowest BCUT2D eigenvalue weighted by atomic mass is 10.1. The van der Waals surface area contributed by atoms with Crippen LogP contribution in [0.25, 0.3) is 21.3 Å². The summed E-state index contributed by atoms with van der Waals surface area (Å²) in [6.45, 7) is 3.27. The molecule has 4 aromatic rings. The molecule has 1 aliphatic rings. The number of aromatic nitrogens is 1. The molecule has 176 valence electrons. The van der Waals surface area contributed by atoms with Gasteiger partial charge >= 0.3 is 0 Å². The van der Waals surface area contributed by atoms with Crippen molar-refractivity contribution in [2.75, 3.05) is 25.5 Å². The zero-order valence-electron chi connectivity index (χ0n) is 19.1. The molecule has 2 heterocycles. The Morgan fingerprint density at radius 1 is 1.00 bits per heavy atom. The molecule has 34 heavy (non-hydrogen) atoms. The van der Waals surface area contributed by atoms with E-state index in [0.29, 0.717) is 16.4 Å². The van der Waals surface area contributed by atoms with Gasteiger partial charge in [-0.15, -0.1) is 12.4 Å². The molecule has 1 aromatic heterocycles. The molecule has 1 saturated heterocycles. The Hall–Kier alpha value is -2.93. The number of fused-ring (bicyclic) bond motifs is 1. The lowest BCUT2D eigenvalue weighted by Gasteiger charge is -2.26. The summed E-state index contributed by atoms with van der Waals surface area (Å²) in [5.41, 5.74) is 4.82. The quantitative estimate of drug-likeness (QED) is 0.327. The van der Waals surface area contributed by atoms with Gasteiger partial charge in [0.1, 0.15) is 11.3 Å². The average molecular weight is 494 g/mol. The topological polar surface area (TPSA) is 54.5 Å². The molecule has 1 N–H and O–H groups in total. The average Bonchev–Trinajstić information content (AvgIpc) is 3.28. The molecule has 0 saturated carbocycles. The summed E-state index contributed by atoms with van der Waals surface area (Å²) in [5.74, 6) is 0.544. The standard InChI is InChI=1S/C27H27N3O2S.ClH/c1-32-23-15-14-22(20-8-4-2-5-9-20)25-24(23)28-27(33-25)29-26(31)21-12-10-19(11-13-21)18-30-16-6-3-7-17-30;/h2,4-5,8-15H,3,6-7,16-18H2,1H3,(H,28,29,31);1H. The van der Waals surface area contributed by atoms with Gasteiger partial charge in [0.2, 0.25) is 0 Å². The van der Waals surface area contributed by atoms with Crippen LogP contribution in [-0.2, 0) is 6.54 Å². The summed E-state index contributed by atoms with van der Waals surface area (Å²) in [5, 5.41) is 3.54. The number of hydrogen-bond acceptors (Lipinski definition) is 5. The predicted molar refractivity (Wildman–Crippen MR) is 142 cm³/mol. The zero-order valence-corrected chi connectivity index (χ0v) is 20.8. The fourth-order valence-corrected chi connectivity index (χ4v) is 5.37. The second-order valence-corrected chi connectivity index (χ2v) is 9.37. The third-order valence-electron chi connectivity index (χ3n) is 6.10. The molecule has 0 spiro atoms. The number of hydrogen-bond donors (Lipinski definition) is 1. The van der Waals surface area contributed by atoms with Crippen molar-refractivity contribution in [3.8, 4) is 16.9 Å². The Bertz CT molecular complexity index is 1250. The highest BCUT2D eigenvalue weighted by molar-refractivity contribution is 7.23. The minimum atomic E-state index is -0.154. The second-order valence-electron chi connectivity index (χ2n) is 8.37. The summed E-state index contributed by atoms with van der Waals surface area (Å²) in [6.07, 6.45) is 3.89. The Morgan fingerprint density at radius 3 is 2.44 bits per heavy atom. The summed E-state index contributed by atoms with van der Waals surface area (Å²) in [6, 6.07) is 22.1. The molecule has 0 unspecified atom stereocenters. The number of amides is 1. The number of anilines is 1. The van der Waals surface area contributed by atoms with E-state index in [-0.39, 0.29) is 18.3 Å². The summed E-state index contributed by atoms with van der Waals surface area (Å²) >= 11 is 1.47. The second kappa shape index (κ2) is 11.0. The Kier molecular flexibility index (Phi) is 7.83. The molecule has 0 bridgehead atoms. The minimum absolute atomic E-state index is 0. The smallest absolute Gasteiger partial charge is 0.257 e. The number of nitrogens with zero attached hydrogens (tertiary/aromatic N) is 2. The molecule has 0 aliphatic carbocycles. The van der Waals surface area contributed by atoms with E-state index in [2.05, 4.69) is 39.5 Å². The fourth-order valence-electron chi connectivity index (χ4n) is 4.35. The highest BCUT2D eigenvalue weighted by atomic mass is 35.5. The highest BCUT2D eigenvalue weighted by Gasteiger charge is 2.17. The third-order valence-corrected chi connectivity index (χ3v) is 7.11. The Morgan fingerprint density at radius 2 is 1.74 bits per heavy atom. The van der Waals surface area contributed by atoms with E-state index in [1.165, 1.54) is 36.2 Å². The maximum Gasteiger partial charge on any atom is 0.257 e. The number of carbonyl (C=O) groups excluding carboxylic acids is 1. The number of benzene rings is 3. The lowest BCUT2D eigenvalue weighted by Crippen LogP contribution is -2.29. The normalized spacial score (nSPS) is 13.9. The number of carbonyl (C=O) groups is 1. The van der Waals surface area contributed by atoms with Crippen LogP contribution in [0.2, 0.25) is 0 Å². The van der Waals surface area contributed by atoms with Crippen LogP contribution in [0.15, 0.2) is 66.7 Å². The maximum absolute atomic E-state index is 12.9. The number of thiazole rings is 1. The van der Waals surface area contributed by atoms with E-state index in [1.807, 2.05) is 42.5 Å². The molecule has 5 nitrogen and oxygen atoms in total. The zero-order chi connectivity index (χ0) is 22.6. The number of methoxy groups -OCH3 is 1. The van der Waals surface area contributed by atoms with Gasteiger partial charge in [0.25, 0.3) is 5.91 Å². The third kappa shape index (κ3) is 5.25. The molecule has 0 radical (unpaired) electrons. The van der Waals surface area contributed by atoms with Crippen molar-refractivity contribution in [1.82, 2.24) is 9.88 Å². The van der Waals surface area contributed by atoms with Crippen LogP contribution in [0.3, 0.4) is 0 Å². The van der Waals surface area contributed by atoms with Crippen LogP contribution in [0.4, 0.5) is 5.13 Å². The van der Waals surface area contributed by atoms with E-state index in [0.717, 1.165) is 41.0 Å². The molecule has 1 amide bonds. The Balaban J connectivity index is 0.00000274. The van der Waals surface area contributed by atoms with E-state index < -0.39 is 0 Å². The van der Waals surface area contributed by atoms with Gasteiger partial charge in [0, 0.05) is 17.7 Å². The van der Waals surface area contributed by atoms with Crippen molar-refractivity contribution in [1.29, 1.82) is 0 Å². The number of likely N-dealkylation sites (tertiary alicyclic amines) is 1. The van der Waals surface area contributed by atoms with Crippen molar-refractivity contribution in [3.05, 3.63) is 77.9 Å². The van der Waals surface area contributed by atoms with Gasteiger partial charge in [0.15, 0.2) is 5.13 Å². The first-order valence-electron chi connectivity index (χ1n) is 11.4. The molecular formula is C27H28ClN3O2S. The van der Waals surface area contributed by atoms with Crippen molar-refractivity contribution in [2.24, 2.45) is 0 Å². The van der Waals surface area contributed by atoms with Gasteiger partial charge in [-0.25, -0.2) is 4.98 Å². The van der Waals surface area contributed by atoms with Crippen molar-refractivity contribution in [2.45, 2.75) is 25.8 Å². The van der Waals surface area contributed by atoms with Gasteiger partial charge in [-0.05, 0) is 61.3 Å². The van der Waals surface area contributed by atoms with Crippen LogP contribution in [-0.4, -0.2) is 36.0 Å². The minimum Gasteiger partial charge on any atom is -0.494 e. The van der Waals surface area contributed by atoms with Gasteiger partial charge < -0.3 is 4.74 Å². The first-order valence-corrected chi connectivity index (χ1v) is 12.2. The first-order chi connectivity index (χ1) is 16.2. The summed E-state index contributed by atoms with van der Waals surface area (Å²) < 4.78 is 6.52. The van der Waals surface area contributed by atoms with Crippen LogP contribution in [0.5, 0.6) is 5.75 Å². The molecule has 1 aliphatic heterocycles. The number of rotatable bonds is 6. The van der Waals surface area contributed by atoms with Crippen molar-refractivity contribution in [3.63, 3.8) is 0 Å². The number of ether oxygens (including phenoxy) is 1.